The fourth-order valence-electron chi connectivity index (χ4n) is 3.38. The molecule has 6 heteroatoms. The molecule has 0 spiro atoms. The van der Waals surface area contributed by atoms with Crippen LogP contribution in [-0.2, 0) is 9.47 Å². The molecule has 24 heavy (non-hydrogen) atoms. The number of halogens is 2. The Hall–Kier alpha value is -1.86. The Kier molecular flexibility index (Phi) is 3.85. The lowest BCUT2D eigenvalue weighted by Gasteiger charge is -2.33. The minimum Gasteiger partial charge on any atom is -0.394 e. The molecule has 0 aliphatic carbocycles. The van der Waals surface area contributed by atoms with E-state index in [1.165, 1.54) is 24.3 Å². The molecule has 4 rings (SSSR count). The zero-order valence-electron chi connectivity index (χ0n) is 12.9. The molecule has 0 amide bonds. The minimum absolute atomic E-state index is 0.123. The van der Waals surface area contributed by atoms with Crippen LogP contribution in [0.1, 0.15) is 23.6 Å². The Balaban J connectivity index is 1.72. The van der Waals surface area contributed by atoms with Crippen LogP contribution in [0.2, 0.25) is 0 Å². The second-order valence-electron chi connectivity index (χ2n) is 6.22. The van der Waals surface area contributed by atoms with Crippen molar-refractivity contribution in [3.8, 4) is 0 Å². The van der Waals surface area contributed by atoms with E-state index in [4.69, 9.17) is 9.47 Å². The lowest BCUT2D eigenvalue weighted by Crippen LogP contribution is -2.47. The van der Waals surface area contributed by atoms with Crippen molar-refractivity contribution in [2.45, 2.75) is 18.0 Å². The molecule has 0 aromatic heterocycles. The van der Waals surface area contributed by atoms with Crippen molar-refractivity contribution in [1.82, 2.24) is 4.90 Å². The molecule has 1 N–H and O–H groups in total. The number of fused-ring (bicyclic) bond motifs is 1. The van der Waals surface area contributed by atoms with Crippen molar-refractivity contribution in [2.75, 3.05) is 19.8 Å². The number of hydrogen-bond donors (Lipinski definition) is 1. The molecule has 0 radical (unpaired) electrons. The second-order valence-corrected chi connectivity index (χ2v) is 6.22. The Morgan fingerprint density at radius 2 is 1.29 bits per heavy atom. The van der Waals surface area contributed by atoms with Crippen molar-refractivity contribution >= 4 is 0 Å². The number of aliphatic hydroxyl groups excluding tert-OH is 1. The number of rotatable bonds is 3. The highest BCUT2D eigenvalue weighted by molar-refractivity contribution is 5.25. The zero-order valence-corrected chi connectivity index (χ0v) is 12.9. The average Bonchev–Trinajstić information content (AvgIpc) is 3.14. The van der Waals surface area contributed by atoms with E-state index in [1.54, 1.807) is 24.3 Å². The molecule has 2 aliphatic heterocycles. The van der Waals surface area contributed by atoms with Crippen LogP contribution in [0.25, 0.3) is 0 Å². The van der Waals surface area contributed by atoms with E-state index in [2.05, 4.69) is 0 Å². The van der Waals surface area contributed by atoms with Gasteiger partial charge in [0.15, 0.2) is 0 Å². The van der Waals surface area contributed by atoms with Gasteiger partial charge in [-0.05, 0) is 35.4 Å². The molecule has 2 aromatic carbocycles. The van der Waals surface area contributed by atoms with Crippen molar-refractivity contribution in [3.05, 3.63) is 71.3 Å². The first kappa shape index (κ1) is 15.7. The van der Waals surface area contributed by atoms with Crippen LogP contribution >= 0.6 is 0 Å². The molecule has 2 aromatic rings. The van der Waals surface area contributed by atoms with Gasteiger partial charge in [-0.15, -0.1) is 0 Å². The van der Waals surface area contributed by atoms with Gasteiger partial charge in [0.25, 0.3) is 0 Å². The molecule has 1 unspecified atom stereocenters. The summed E-state index contributed by atoms with van der Waals surface area (Å²) in [6.07, 6.45) is -0.925. The van der Waals surface area contributed by atoms with Crippen LogP contribution in [0, 0.1) is 11.6 Å². The van der Waals surface area contributed by atoms with Gasteiger partial charge in [0.2, 0.25) is 0 Å². The third-order valence-corrected chi connectivity index (χ3v) is 4.68. The second kappa shape index (κ2) is 5.89. The van der Waals surface area contributed by atoms with Gasteiger partial charge in [-0.1, -0.05) is 24.3 Å². The number of hydrogen-bond acceptors (Lipinski definition) is 4. The number of nitrogens with zero attached hydrogens (tertiary/aromatic N) is 1. The molecule has 2 saturated heterocycles. The Bertz CT molecular complexity index is 663. The van der Waals surface area contributed by atoms with Crippen molar-refractivity contribution in [1.29, 1.82) is 0 Å². The van der Waals surface area contributed by atoms with Crippen LogP contribution < -0.4 is 0 Å². The lowest BCUT2D eigenvalue weighted by atomic mass is 10.0. The Morgan fingerprint density at radius 3 is 1.67 bits per heavy atom. The average molecular weight is 333 g/mol. The summed E-state index contributed by atoms with van der Waals surface area (Å²) in [6.45, 7) is 0.495. The van der Waals surface area contributed by atoms with Gasteiger partial charge in [-0.2, -0.15) is 0 Å². The van der Waals surface area contributed by atoms with E-state index in [9.17, 15) is 13.9 Å². The summed E-state index contributed by atoms with van der Waals surface area (Å²) in [5.74, 6) is -0.643. The zero-order chi connectivity index (χ0) is 16.7. The molecule has 126 valence electrons. The van der Waals surface area contributed by atoms with E-state index in [-0.39, 0.29) is 18.2 Å². The summed E-state index contributed by atoms with van der Waals surface area (Å²) >= 11 is 0. The fraction of sp³-hybridized carbons (Fsp3) is 0.333. The predicted octanol–water partition coefficient (Wildman–Crippen LogP) is 2.76. The normalized spacial score (nSPS) is 29.8. The molecule has 0 bridgehead atoms. The Labute approximate surface area is 138 Å². The molecule has 2 aliphatic rings. The van der Waals surface area contributed by atoms with Gasteiger partial charge in [-0.3, -0.25) is 0 Å². The number of benzene rings is 2. The standard InChI is InChI=1S/C18H17F2NO3/c19-14-5-1-12(2-6-14)16-21-17(13-3-7-15(20)8-4-13)24-11-18(21,9-22)10-23-16/h1-8,16-17,22H,9-11H2/t16-,17+,18?. The minimum atomic E-state index is -0.655. The van der Waals surface area contributed by atoms with Gasteiger partial charge >= 0.3 is 0 Å². The van der Waals surface area contributed by atoms with Gasteiger partial charge < -0.3 is 14.6 Å². The topological polar surface area (TPSA) is 41.9 Å². The summed E-state index contributed by atoms with van der Waals surface area (Å²) in [5, 5.41) is 9.92. The van der Waals surface area contributed by atoms with Gasteiger partial charge in [0.05, 0.1) is 25.4 Å². The maximum Gasteiger partial charge on any atom is 0.139 e. The molecular formula is C18H17F2NO3. The first-order valence-electron chi connectivity index (χ1n) is 7.76. The number of aliphatic hydroxyl groups is 1. The van der Waals surface area contributed by atoms with E-state index >= 15 is 0 Å². The van der Waals surface area contributed by atoms with Crippen molar-refractivity contribution < 1.29 is 23.4 Å². The predicted molar refractivity (Wildman–Crippen MR) is 81.8 cm³/mol. The Morgan fingerprint density at radius 1 is 0.875 bits per heavy atom. The summed E-state index contributed by atoms with van der Waals surface area (Å²) < 4.78 is 38.2. The first-order chi connectivity index (χ1) is 11.6. The summed E-state index contributed by atoms with van der Waals surface area (Å²) in [6, 6.07) is 12.1. The molecule has 2 fully saturated rings. The first-order valence-corrected chi connectivity index (χ1v) is 7.76. The van der Waals surface area contributed by atoms with E-state index in [0.29, 0.717) is 13.2 Å². The SMILES string of the molecule is OCC12CO[C@H](c3ccc(F)cc3)N1[C@H](c1ccc(F)cc1)OC2. The monoisotopic (exact) mass is 333 g/mol. The maximum atomic E-state index is 13.2. The van der Waals surface area contributed by atoms with Crippen LogP contribution in [-0.4, -0.2) is 35.4 Å². The molecular weight excluding hydrogens is 316 g/mol. The fourth-order valence-corrected chi connectivity index (χ4v) is 3.38. The van der Waals surface area contributed by atoms with Gasteiger partial charge in [-0.25, -0.2) is 13.7 Å². The highest BCUT2D eigenvalue weighted by Gasteiger charge is 2.56. The van der Waals surface area contributed by atoms with Crippen LogP contribution in [0.15, 0.2) is 48.5 Å². The third kappa shape index (κ3) is 2.43. The quantitative estimate of drug-likeness (QED) is 0.938. The van der Waals surface area contributed by atoms with E-state index in [0.717, 1.165) is 11.1 Å². The summed E-state index contributed by atoms with van der Waals surface area (Å²) in [5.41, 5.74) is 0.909. The third-order valence-electron chi connectivity index (χ3n) is 4.68. The molecule has 3 atom stereocenters. The van der Waals surface area contributed by atoms with Crippen molar-refractivity contribution in [2.24, 2.45) is 0 Å². The number of ether oxygens (including phenoxy) is 2. The molecule has 2 heterocycles. The van der Waals surface area contributed by atoms with E-state index in [1.807, 2.05) is 4.90 Å². The van der Waals surface area contributed by atoms with Crippen molar-refractivity contribution in [3.63, 3.8) is 0 Å². The highest BCUT2D eigenvalue weighted by atomic mass is 19.1. The maximum absolute atomic E-state index is 13.2. The van der Waals surface area contributed by atoms with Crippen LogP contribution in [0.5, 0.6) is 0 Å². The van der Waals surface area contributed by atoms with Crippen LogP contribution in [0.4, 0.5) is 8.78 Å². The lowest BCUT2D eigenvalue weighted by molar-refractivity contribution is -0.0630. The smallest absolute Gasteiger partial charge is 0.139 e. The van der Waals surface area contributed by atoms with Gasteiger partial charge in [0.1, 0.15) is 24.1 Å². The molecule has 4 nitrogen and oxygen atoms in total. The largest absolute Gasteiger partial charge is 0.394 e. The van der Waals surface area contributed by atoms with E-state index < -0.39 is 18.0 Å². The van der Waals surface area contributed by atoms with Gasteiger partial charge in [0, 0.05) is 0 Å². The molecule has 0 saturated carbocycles. The highest BCUT2D eigenvalue weighted by Crippen LogP contribution is 2.48. The summed E-state index contributed by atoms with van der Waals surface area (Å²) in [4.78, 5) is 1.95. The van der Waals surface area contributed by atoms with Crippen LogP contribution in [0.3, 0.4) is 0 Å². The summed E-state index contributed by atoms with van der Waals surface area (Å²) in [7, 11) is 0.